The Balaban J connectivity index is 1.95. The molecule has 0 spiro atoms. The van der Waals surface area contributed by atoms with Crippen molar-refractivity contribution >= 4 is 5.82 Å². The Bertz CT molecular complexity index is 300. The van der Waals surface area contributed by atoms with E-state index >= 15 is 0 Å². The van der Waals surface area contributed by atoms with Crippen molar-refractivity contribution in [2.75, 3.05) is 18.9 Å². The molecule has 0 aromatic carbocycles. The normalized spacial score (nSPS) is 21.9. The summed E-state index contributed by atoms with van der Waals surface area (Å²) in [4.78, 5) is 7.75. The third-order valence-corrected chi connectivity index (χ3v) is 2.07. The zero-order valence-electron chi connectivity index (χ0n) is 7.85. The highest BCUT2D eigenvalue weighted by atomic mass is 16.5. The second-order valence-electron chi connectivity index (χ2n) is 3.24. The summed E-state index contributed by atoms with van der Waals surface area (Å²) < 4.78 is 10.9. The van der Waals surface area contributed by atoms with Crippen LogP contribution < -0.4 is 10.5 Å². The average molecular weight is 195 g/mol. The summed E-state index contributed by atoms with van der Waals surface area (Å²) in [5, 5.41) is 0. The molecule has 1 aliphatic rings. The molecule has 2 heterocycles. The number of ether oxygens (including phenoxy) is 2. The molecule has 76 valence electrons. The molecular weight excluding hydrogens is 182 g/mol. The number of aromatic nitrogens is 2. The van der Waals surface area contributed by atoms with Crippen LogP contribution in [0.15, 0.2) is 12.4 Å². The van der Waals surface area contributed by atoms with E-state index in [2.05, 4.69) is 9.97 Å². The van der Waals surface area contributed by atoms with Crippen molar-refractivity contribution in [2.24, 2.45) is 0 Å². The van der Waals surface area contributed by atoms with Crippen LogP contribution in [0.4, 0.5) is 5.82 Å². The van der Waals surface area contributed by atoms with E-state index in [1.807, 2.05) is 0 Å². The third kappa shape index (κ3) is 2.32. The minimum absolute atomic E-state index is 0.0954. The molecule has 5 heteroatoms. The highest BCUT2D eigenvalue weighted by Gasteiger charge is 2.15. The van der Waals surface area contributed by atoms with Crippen LogP contribution in [0.3, 0.4) is 0 Å². The predicted octanol–water partition coefficient (Wildman–Crippen LogP) is 0.617. The molecular formula is C9H13N3O2. The fraction of sp³-hybridized carbons (Fsp3) is 0.556. The van der Waals surface area contributed by atoms with Gasteiger partial charge in [-0.2, -0.15) is 0 Å². The van der Waals surface area contributed by atoms with Gasteiger partial charge in [0.05, 0.1) is 6.61 Å². The molecule has 1 atom stereocenters. The van der Waals surface area contributed by atoms with Crippen molar-refractivity contribution in [1.29, 1.82) is 0 Å². The minimum Gasteiger partial charge on any atom is -0.472 e. The van der Waals surface area contributed by atoms with Crippen molar-refractivity contribution in [2.45, 2.75) is 18.9 Å². The lowest BCUT2D eigenvalue weighted by molar-refractivity contribution is 0.00547. The molecule has 2 rings (SSSR count). The Labute approximate surface area is 82.3 Å². The lowest BCUT2D eigenvalue weighted by Crippen LogP contribution is -2.28. The molecule has 0 aliphatic carbocycles. The topological polar surface area (TPSA) is 70.3 Å². The fourth-order valence-corrected chi connectivity index (χ4v) is 1.39. The van der Waals surface area contributed by atoms with Gasteiger partial charge in [-0.15, -0.1) is 0 Å². The molecule has 1 aromatic heterocycles. The quantitative estimate of drug-likeness (QED) is 0.749. The van der Waals surface area contributed by atoms with E-state index in [1.165, 1.54) is 6.33 Å². The van der Waals surface area contributed by atoms with E-state index in [0.717, 1.165) is 19.4 Å². The number of nitrogens with two attached hydrogens (primary N) is 1. The van der Waals surface area contributed by atoms with Gasteiger partial charge in [0.2, 0.25) is 5.88 Å². The molecule has 0 radical (unpaired) electrons. The van der Waals surface area contributed by atoms with E-state index in [-0.39, 0.29) is 6.10 Å². The summed E-state index contributed by atoms with van der Waals surface area (Å²) in [6.45, 7) is 1.45. The van der Waals surface area contributed by atoms with Crippen LogP contribution in [-0.4, -0.2) is 29.3 Å². The van der Waals surface area contributed by atoms with Crippen molar-refractivity contribution in [1.82, 2.24) is 9.97 Å². The van der Waals surface area contributed by atoms with Gasteiger partial charge < -0.3 is 15.2 Å². The van der Waals surface area contributed by atoms with E-state index in [0.29, 0.717) is 18.3 Å². The van der Waals surface area contributed by atoms with E-state index in [9.17, 15) is 0 Å². The molecule has 0 saturated carbocycles. The fourth-order valence-electron chi connectivity index (χ4n) is 1.39. The van der Waals surface area contributed by atoms with Gasteiger partial charge in [-0.1, -0.05) is 0 Å². The van der Waals surface area contributed by atoms with E-state index in [1.54, 1.807) is 6.07 Å². The summed E-state index contributed by atoms with van der Waals surface area (Å²) in [6.07, 6.45) is 3.53. The standard InChI is InChI=1S/C9H13N3O2/c10-8-4-9(12-6-11-8)14-7-2-1-3-13-5-7/h4,6-7H,1-3,5H2,(H2,10,11,12). The lowest BCUT2D eigenvalue weighted by Gasteiger charge is -2.22. The SMILES string of the molecule is Nc1cc(OC2CCCOC2)ncn1. The Hall–Kier alpha value is -1.36. The molecule has 5 nitrogen and oxygen atoms in total. The number of hydrogen-bond acceptors (Lipinski definition) is 5. The predicted molar refractivity (Wildman–Crippen MR) is 50.9 cm³/mol. The maximum Gasteiger partial charge on any atom is 0.218 e. The zero-order chi connectivity index (χ0) is 9.80. The Morgan fingerprint density at radius 2 is 2.43 bits per heavy atom. The smallest absolute Gasteiger partial charge is 0.218 e. The summed E-state index contributed by atoms with van der Waals surface area (Å²) in [7, 11) is 0. The zero-order valence-corrected chi connectivity index (χ0v) is 7.85. The maximum atomic E-state index is 5.58. The minimum atomic E-state index is 0.0954. The van der Waals surface area contributed by atoms with Gasteiger partial charge in [0, 0.05) is 12.7 Å². The monoisotopic (exact) mass is 195 g/mol. The molecule has 0 amide bonds. The van der Waals surface area contributed by atoms with Crippen molar-refractivity contribution in [3.05, 3.63) is 12.4 Å². The van der Waals surface area contributed by atoms with Crippen molar-refractivity contribution in [3.8, 4) is 5.88 Å². The van der Waals surface area contributed by atoms with Crippen LogP contribution in [0.2, 0.25) is 0 Å². The van der Waals surface area contributed by atoms with Gasteiger partial charge in [0.1, 0.15) is 18.2 Å². The summed E-state index contributed by atoms with van der Waals surface area (Å²) >= 11 is 0. The largest absolute Gasteiger partial charge is 0.472 e. The van der Waals surface area contributed by atoms with Gasteiger partial charge >= 0.3 is 0 Å². The Morgan fingerprint density at radius 1 is 1.50 bits per heavy atom. The summed E-state index contributed by atoms with van der Waals surface area (Å²) in [6, 6.07) is 1.62. The highest BCUT2D eigenvalue weighted by Crippen LogP contribution is 2.15. The molecule has 1 fully saturated rings. The van der Waals surface area contributed by atoms with Crippen LogP contribution in [0.25, 0.3) is 0 Å². The number of anilines is 1. The van der Waals surface area contributed by atoms with Crippen molar-refractivity contribution < 1.29 is 9.47 Å². The second kappa shape index (κ2) is 4.23. The van der Waals surface area contributed by atoms with Gasteiger partial charge in [-0.3, -0.25) is 0 Å². The molecule has 1 unspecified atom stereocenters. The van der Waals surface area contributed by atoms with Crippen molar-refractivity contribution in [3.63, 3.8) is 0 Å². The number of nitrogen functional groups attached to an aromatic ring is 1. The molecule has 1 aromatic rings. The average Bonchev–Trinajstić information content (AvgIpc) is 2.19. The first kappa shape index (κ1) is 9.21. The number of nitrogens with zero attached hydrogens (tertiary/aromatic N) is 2. The third-order valence-electron chi connectivity index (χ3n) is 2.07. The first-order chi connectivity index (χ1) is 6.84. The molecule has 0 bridgehead atoms. The van der Waals surface area contributed by atoms with Crippen LogP contribution in [0.5, 0.6) is 5.88 Å². The van der Waals surface area contributed by atoms with Gasteiger partial charge in [0.15, 0.2) is 0 Å². The Kier molecular flexibility index (Phi) is 2.78. The molecule has 1 saturated heterocycles. The summed E-state index contributed by atoms with van der Waals surface area (Å²) in [5.74, 6) is 0.944. The van der Waals surface area contributed by atoms with Gasteiger partial charge in [-0.05, 0) is 12.8 Å². The number of rotatable bonds is 2. The maximum absolute atomic E-state index is 5.58. The van der Waals surface area contributed by atoms with Gasteiger partial charge in [0.25, 0.3) is 0 Å². The first-order valence-electron chi connectivity index (χ1n) is 4.66. The summed E-state index contributed by atoms with van der Waals surface area (Å²) in [5.41, 5.74) is 5.50. The van der Waals surface area contributed by atoms with Gasteiger partial charge in [-0.25, -0.2) is 9.97 Å². The van der Waals surface area contributed by atoms with E-state index in [4.69, 9.17) is 15.2 Å². The van der Waals surface area contributed by atoms with Crippen LogP contribution >= 0.6 is 0 Å². The Morgan fingerprint density at radius 3 is 3.14 bits per heavy atom. The second-order valence-corrected chi connectivity index (χ2v) is 3.24. The molecule has 14 heavy (non-hydrogen) atoms. The first-order valence-corrected chi connectivity index (χ1v) is 4.66. The lowest BCUT2D eigenvalue weighted by atomic mass is 10.2. The molecule has 1 aliphatic heterocycles. The van der Waals surface area contributed by atoms with Crippen LogP contribution in [-0.2, 0) is 4.74 Å². The number of hydrogen-bond donors (Lipinski definition) is 1. The van der Waals surface area contributed by atoms with Crippen LogP contribution in [0, 0.1) is 0 Å². The van der Waals surface area contributed by atoms with Crippen LogP contribution in [0.1, 0.15) is 12.8 Å². The highest BCUT2D eigenvalue weighted by molar-refractivity contribution is 5.30. The molecule has 2 N–H and O–H groups in total. The van der Waals surface area contributed by atoms with E-state index < -0.39 is 0 Å².